The lowest BCUT2D eigenvalue weighted by atomic mass is 9.97. The number of carbonyl (C=O) groups excluding carboxylic acids is 1. The summed E-state index contributed by atoms with van der Waals surface area (Å²) in [6.45, 7) is 27.0. The molecule has 0 amide bonds. The average molecular weight is 429 g/mol. The Balaban J connectivity index is 3.12. The molecule has 6 heteroatoms. The third-order valence-electron chi connectivity index (χ3n) is 5.82. The lowest BCUT2D eigenvalue weighted by Gasteiger charge is -2.45. The van der Waals surface area contributed by atoms with Gasteiger partial charge in [0, 0.05) is 0 Å². The quantitative estimate of drug-likeness (QED) is 0.262. The molecule has 5 nitrogen and oxygen atoms in total. The van der Waals surface area contributed by atoms with Gasteiger partial charge in [0.25, 0.3) is 0 Å². The van der Waals surface area contributed by atoms with Crippen LogP contribution in [0.4, 0.5) is 0 Å². The molecule has 0 radical (unpaired) electrons. The summed E-state index contributed by atoms with van der Waals surface area (Å²) in [7, 11) is -2.14. The molecule has 1 fully saturated rings. The zero-order chi connectivity index (χ0) is 22.8. The minimum atomic E-state index is -2.14. The summed E-state index contributed by atoms with van der Waals surface area (Å²) < 4.78 is 24.8. The minimum Gasteiger partial charge on any atom is -0.462 e. The fourth-order valence-corrected chi connectivity index (χ4v) is 10.1. The Morgan fingerprint density at radius 3 is 1.93 bits per heavy atom. The molecule has 170 valence electrons. The van der Waals surface area contributed by atoms with Crippen molar-refractivity contribution in [2.75, 3.05) is 6.61 Å². The van der Waals surface area contributed by atoms with Crippen LogP contribution in [0, 0.1) is 5.41 Å². The number of hydrogen-bond donors (Lipinski definition) is 0. The molecular formula is C23H44O5Si. The van der Waals surface area contributed by atoms with E-state index in [1.165, 1.54) is 0 Å². The molecule has 0 bridgehead atoms. The van der Waals surface area contributed by atoms with E-state index in [1.807, 2.05) is 40.7 Å². The lowest BCUT2D eigenvalue weighted by Crippen LogP contribution is -2.53. The summed E-state index contributed by atoms with van der Waals surface area (Å²) in [6, 6.07) is 0. The van der Waals surface area contributed by atoms with Gasteiger partial charge in [0.2, 0.25) is 8.32 Å². The van der Waals surface area contributed by atoms with Gasteiger partial charge >= 0.3 is 5.97 Å². The third kappa shape index (κ3) is 6.15. The second-order valence-electron chi connectivity index (χ2n) is 10.6. The Morgan fingerprint density at radius 1 is 1.07 bits per heavy atom. The van der Waals surface area contributed by atoms with Gasteiger partial charge in [-0.15, -0.1) is 6.58 Å². The Labute approximate surface area is 179 Å². The average Bonchev–Trinajstić information content (AvgIpc) is 2.86. The van der Waals surface area contributed by atoms with Crippen molar-refractivity contribution in [3.63, 3.8) is 0 Å². The van der Waals surface area contributed by atoms with Crippen molar-refractivity contribution >= 4 is 14.3 Å². The Hall–Kier alpha value is -0.693. The topological polar surface area (TPSA) is 54.0 Å². The SMILES string of the molecule is C=C[C@H](O[Si](C(C)C)(C(C)C)C(C)C)[C@@H]1OC(C)(C)O[C@@H]1COC(=O)C(C)(C)C. The number of hydrogen-bond acceptors (Lipinski definition) is 5. The molecule has 29 heavy (non-hydrogen) atoms. The standard InChI is InChI=1S/C23H44O5Si/c1-13-18(28-29(15(2)3,16(4)5)17(6)7)20-19(26-23(11,12)27-20)14-25-21(24)22(8,9)10/h13,15-20H,1,14H2,2-12H3/t18-,19+,20-/m0/s1. The largest absolute Gasteiger partial charge is 0.462 e. The number of esters is 1. The Kier molecular flexibility index (Phi) is 8.74. The van der Waals surface area contributed by atoms with Gasteiger partial charge in [-0.2, -0.15) is 0 Å². The van der Waals surface area contributed by atoms with Crippen LogP contribution in [0.25, 0.3) is 0 Å². The molecule has 0 unspecified atom stereocenters. The molecule has 0 spiro atoms. The Bertz CT molecular complexity index is 540. The normalized spacial score (nSPS) is 23.7. The van der Waals surface area contributed by atoms with Crippen LogP contribution in [0.1, 0.15) is 76.2 Å². The van der Waals surface area contributed by atoms with Crippen LogP contribution in [0.2, 0.25) is 16.6 Å². The first-order valence-corrected chi connectivity index (χ1v) is 13.1. The molecule has 0 aromatic heterocycles. The van der Waals surface area contributed by atoms with Crippen LogP contribution in [-0.4, -0.2) is 45.0 Å². The van der Waals surface area contributed by atoms with Crippen LogP contribution in [0.15, 0.2) is 12.7 Å². The lowest BCUT2D eigenvalue weighted by molar-refractivity contribution is -0.166. The van der Waals surface area contributed by atoms with Crippen molar-refractivity contribution in [1.29, 1.82) is 0 Å². The monoisotopic (exact) mass is 428 g/mol. The molecular weight excluding hydrogens is 384 g/mol. The van der Waals surface area contributed by atoms with Gasteiger partial charge < -0.3 is 18.6 Å². The highest BCUT2D eigenvalue weighted by atomic mass is 28.4. The van der Waals surface area contributed by atoms with E-state index in [0.29, 0.717) is 16.6 Å². The second kappa shape index (κ2) is 9.63. The van der Waals surface area contributed by atoms with E-state index in [1.54, 1.807) is 0 Å². The minimum absolute atomic E-state index is 0.136. The number of rotatable bonds is 9. The van der Waals surface area contributed by atoms with Crippen molar-refractivity contribution < 1.29 is 23.4 Å². The Morgan fingerprint density at radius 2 is 1.55 bits per heavy atom. The molecule has 0 saturated carbocycles. The van der Waals surface area contributed by atoms with Crippen LogP contribution < -0.4 is 0 Å². The summed E-state index contributed by atoms with van der Waals surface area (Å²) >= 11 is 0. The van der Waals surface area contributed by atoms with Gasteiger partial charge in [0.1, 0.15) is 18.8 Å². The van der Waals surface area contributed by atoms with Crippen molar-refractivity contribution in [2.24, 2.45) is 5.41 Å². The van der Waals surface area contributed by atoms with Crippen LogP contribution in [0.5, 0.6) is 0 Å². The van der Waals surface area contributed by atoms with Gasteiger partial charge in [-0.3, -0.25) is 4.79 Å². The molecule has 1 saturated heterocycles. The summed E-state index contributed by atoms with van der Waals surface area (Å²) in [5, 5.41) is 0. The van der Waals surface area contributed by atoms with Gasteiger partial charge in [0.05, 0.1) is 11.5 Å². The summed E-state index contributed by atoms with van der Waals surface area (Å²) in [6.07, 6.45) is 0.716. The summed E-state index contributed by atoms with van der Waals surface area (Å²) in [5.41, 5.74) is 0.765. The molecule has 0 aromatic carbocycles. The fraction of sp³-hybridized carbons (Fsp3) is 0.870. The van der Waals surface area contributed by atoms with E-state index >= 15 is 0 Å². The highest BCUT2D eigenvalue weighted by molar-refractivity contribution is 6.77. The first-order chi connectivity index (χ1) is 13.1. The van der Waals surface area contributed by atoms with E-state index in [0.717, 1.165) is 0 Å². The van der Waals surface area contributed by atoms with Crippen molar-refractivity contribution in [1.82, 2.24) is 0 Å². The van der Waals surface area contributed by atoms with Gasteiger partial charge in [-0.25, -0.2) is 0 Å². The van der Waals surface area contributed by atoms with Crippen molar-refractivity contribution in [3.8, 4) is 0 Å². The molecule has 1 rings (SSSR count). The highest BCUT2D eigenvalue weighted by Crippen LogP contribution is 2.44. The van der Waals surface area contributed by atoms with Gasteiger partial charge in [-0.05, 0) is 51.2 Å². The first-order valence-electron chi connectivity index (χ1n) is 10.9. The van der Waals surface area contributed by atoms with E-state index in [-0.39, 0.29) is 24.8 Å². The van der Waals surface area contributed by atoms with Crippen molar-refractivity contribution in [2.45, 2.75) is 117 Å². The predicted octanol–water partition coefficient (Wildman–Crippen LogP) is 5.84. The molecule has 1 aliphatic heterocycles. The summed E-state index contributed by atoms with van der Waals surface area (Å²) in [5.74, 6) is -1.03. The van der Waals surface area contributed by atoms with E-state index in [4.69, 9.17) is 18.6 Å². The van der Waals surface area contributed by atoms with E-state index in [9.17, 15) is 4.79 Å². The van der Waals surface area contributed by atoms with Crippen molar-refractivity contribution in [3.05, 3.63) is 12.7 Å². The second-order valence-corrected chi connectivity index (χ2v) is 16.0. The molecule has 0 aromatic rings. The fourth-order valence-electron chi connectivity index (χ4n) is 4.54. The number of carbonyl (C=O) groups is 1. The smallest absolute Gasteiger partial charge is 0.311 e. The van der Waals surface area contributed by atoms with Gasteiger partial charge in [0.15, 0.2) is 5.79 Å². The number of ether oxygens (including phenoxy) is 3. The maximum Gasteiger partial charge on any atom is 0.311 e. The van der Waals surface area contributed by atoms with Crippen LogP contribution in [-0.2, 0) is 23.4 Å². The zero-order valence-corrected chi connectivity index (χ0v) is 21.5. The maximum absolute atomic E-state index is 12.3. The van der Waals surface area contributed by atoms with E-state index < -0.39 is 25.6 Å². The summed E-state index contributed by atoms with van der Waals surface area (Å²) in [4.78, 5) is 12.3. The predicted molar refractivity (Wildman–Crippen MR) is 120 cm³/mol. The maximum atomic E-state index is 12.3. The molecule has 3 atom stereocenters. The first kappa shape index (κ1) is 26.3. The van der Waals surface area contributed by atoms with Crippen LogP contribution in [0.3, 0.4) is 0 Å². The molecule has 1 heterocycles. The molecule has 0 aliphatic carbocycles. The van der Waals surface area contributed by atoms with E-state index in [2.05, 4.69) is 48.1 Å². The van der Waals surface area contributed by atoms with Crippen LogP contribution >= 0.6 is 0 Å². The molecule has 0 N–H and O–H groups in total. The molecule has 1 aliphatic rings. The highest BCUT2D eigenvalue weighted by Gasteiger charge is 2.51. The zero-order valence-electron chi connectivity index (χ0n) is 20.5. The third-order valence-corrected chi connectivity index (χ3v) is 11.9. The van der Waals surface area contributed by atoms with Gasteiger partial charge in [-0.1, -0.05) is 47.6 Å².